The van der Waals surface area contributed by atoms with Gasteiger partial charge in [-0.1, -0.05) is 5.16 Å². The molecule has 0 aliphatic carbocycles. The average Bonchev–Trinajstić information content (AvgIpc) is 2.98. The Morgan fingerprint density at radius 1 is 1.65 bits per heavy atom. The first-order valence-corrected chi connectivity index (χ1v) is 6.11. The second-order valence-corrected chi connectivity index (χ2v) is 4.27. The molecule has 1 atom stereocenters. The fraction of sp³-hybridized carbons (Fsp3) is 0.727. The summed E-state index contributed by atoms with van der Waals surface area (Å²) in [6.07, 6.45) is 2.99. The van der Waals surface area contributed by atoms with Crippen molar-refractivity contribution in [1.82, 2.24) is 20.8 Å². The van der Waals surface area contributed by atoms with E-state index in [1.165, 1.54) is 6.42 Å². The number of carbonyl (C=O) groups excluding carboxylic acids is 1. The minimum atomic E-state index is -0.273. The van der Waals surface area contributed by atoms with Gasteiger partial charge in [0.2, 0.25) is 5.89 Å². The Labute approximate surface area is 100 Å². The molecule has 17 heavy (non-hydrogen) atoms. The number of carbonyl (C=O) groups is 1. The number of nitrogens with zero attached hydrogens (tertiary/aromatic N) is 2. The highest BCUT2D eigenvalue weighted by molar-refractivity contribution is 5.90. The molecule has 1 amide bonds. The summed E-state index contributed by atoms with van der Waals surface area (Å²) in [5.74, 6) is 1.10. The number of rotatable bonds is 5. The zero-order chi connectivity index (χ0) is 12.1. The summed E-state index contributed by atoms with van der Waals surface area (Å²) >= 11 is 0. The third-order valence-corrected chi connectivity index (χ3v) is 2.94. The first-order chi connectivity index (χ1) is 8.29. The molecule has 2 heterocycles. The molecular weight excluding hydrogens is 220 g/mol. The second-order valence-electron chi connectivity index (χ2n) is 4.27. The Bertz CT molecular complexity index is 371. The molecule has 1 aromatic rings. The lowest BCUT2D eigenvalue weighted by Gasteiger charge is -2.03. The molecule has 1 aliphatic rings. The van der Waals surface area contributed by atoms with Gasteiger partial charge in [0.15, 0.2) is 0 Å². The van der Waals surface area contributed by atoms with E-state index in [0.29, 0.717) is 18.4 Å². The molecule has 0 spiro atoms. The van der Waals surface area contributed by atoms with E-state index in [1.807, 2.05) is 6.92 Å². The summed E-state index contributed by atoms with van der Waals surface area (Å²) in [6, 6.07) is 0. The van der Waals surface area contributed by atoms with Crippen LogP contribution in [0, 0.1) is 5.92 Å². The van der Waals surface area contributed by atoms with Crippen LogP contribution in [0.4, 0.5) is 0 Å². The largest absolute Gasteiger partial charge is 0.349 e. The van der Waals surface area contributed by atoms with Gasteiger partial charge in [0.25, 0.3) is 11.7 Å². The summed E-state index contributed by atoms with van der Waals surface area (Å²) in [4.78, 5) is 15.5. The Kier molecular flexibility index (Phi) is 4.08. The zero-order valence-corrected chi connectivity index (χ0v) is 10.0. The van der Waals surface area contributed by atoms with E-state index in [2.05, 4.69) is 20.8 Å². The van der Waals surface area contributed by atoms with Crippen LogP contribution in [-0.4, -0.2) is 35.7 Å². The highest BCUT2D eigenvalue weighted by atomic mass is 16.5. The first kappa shape index (κ1) is 12.0. The Morgan fingerprint density at radius 3 is 3.24 bits per heavy atom. The Hall–Kier alpha value is -1.43. The van der Waals surface area contributed by atoms with Gasteiger partial charge in [-0.2, -0.15) is 4.98 Å². The molecule has 94 valence electrons. The number of nitrogens with one attached hydrogen (secondary N) is 2. The zero-order valence-electron chi connectivity index (χ0n) is 10.0. The van der Waals surface area contributed by atoms with Gasteiger partial charge in [-0.3, -0.25) is 4.79 Å². The molecule has 0 radical (unpaired) electrons. The van der Waals surface area contributed by atoms with Crippen LogP contribution >= 0.6 is 0 Å². The topological polar surface area (TPSA) is 80.0 Å². The standard InChI is InChI=1S/C11H18N4O2/c1-2-13-11(16)10-14-9(17-15-10)4-3-8-5-6-12-7-8/h8,12H,2-7H2,1H3,(H,13,16). The van der Waals surface area contributed by atoms with Crippen LogP contribution in [-0.2, 0) is 6.42 Å². The maximum atomic E-state index is 11.4. The maximum absolute atomic E-state index is 11.4. The van der Waals surface area contributed by atoms with E-state index < -0.39 is 0 Å². The van der Waals surface area contributed by atoms with Gasteiger partial charge in [-0.15, -0.1) is 0 Å². The maximum Gasteiger partial charge on any atom is 0.292 e. The van der Waals surface area contributed by atoms with Gasteiger partial charge in [0.05, 0.1) is 0 Å². The summed E-state index contributed by atoms with van der Waals surface area (Å²) in [6.45, 7) is 4.58. The normalized spacial score (nSPS) is 19.5. The van der Waals surface area contributed by atoms with E-state index in [1.54, 1.807) is 0 Å². The second kappa shape index (κ2) is 5.77. The van der Waals surface area contributed by atoms with E-state index in [4.69, 9.17) is 4.52 Å². The van der Waals surface area contributed by atoms with Crippen molar-refractivity contribution in [2.75, 3.05) is 19.6 Å². The van der Waals surface area contributed by atoms with Crippen LogP contribution in [0.15, 0.2) is 4.52 Å². The van der Waals surface area contributed by atoms with Crippen molar-refractivity contribution in [3.8, 4) is 0 Å². The third-order valence-electron chi connectivity index (χ3n) is 2.94. The summed E-state index contributed by atoms with van der Waals surface area (Å²) in [5.41, 5.74) is 0. The fourth-order valence-electron chi connectivity index (χ4n) is 1.98. The number of aromatic nitrogens is 2. The van der Waals surface area contributed by atoms with Crippen LogP contribution in [0.2, 0.25) is 0 Å². The van der Waals surface area contributed by atoms with Gasteiger partial charge in [-0.25, -0.2) is 0 Å². The Balaban J connectivity index is 1.83. The molecule has 1 aliphatic heterocycles. The fourth-order valence-corrected chi connectivity index (χ4v) is 1.98. The molecule has 6 heteroatoms. The minimum Gasteiger partial charge on any atom is -0.349 e. The molecule has 1 saturated heterocycles. The quantitative estimate of drug-likeness (QED) is 0.774. The van der Waals surface area contributed by atoms with Crippen molar-refractivity contribution in [2.45, 2.75) is 26.2 Å². The molecule has 2 rings (SSSR count). The SMILES string of the molecule is CCNC(=O)c1noc(CCC2CCNC2)n1. The summed E-state index contributed by atoms with van der Waals surface area (Å²) in [5, 5.41) is 9.62. The summed E-state index contributed by atoms with van der Waals surface area (Å²) in [7, 11) is 0. The molecule has 0 bridgehead atoms. The van der Waals surface area contributed by atoms with Gasteiger partial charge in [-0.05, 0) is 38.8 Å². The smallest absolute Gasteiger partial charge is 0.292 e. The van der Waals surface area contributed by atoms with Gasteiger partial charge in [0.1, 0.15) is 0 Å². The van der Waals surface area contributed by atoms with Gasteiger partial charge >= 0.3 is 0 Å². The molecular formula is C11H18N4O2. The van der Waals surface area contributed by atoms with Crippen LogP contribution in [0.3, 0.4) is 0 Å². The highest BCUT2D eigenvalue weighted by Gasteiger charge is 2.17. The van der Waals surface area contributed by atoms with Crippen molar-refractivity contribution in [1.29, 1.82) is 0 Å². The number of hydrogen-bond acceptors (Lipinski definition) is 5. The lowest BCUT2D eigenvalue weighted by molar-refractivity contribution is 0.0942. The number of amides is 1. The van der Waals surface area contributed by atoms with Crippen LogP contribution in [0.5, 0.6) is 0 Å². The molecule has 1 aromatic heterocycles. The van der Waals surface area contributed by atoms with E-state index in [0.717, 1.165) is 25.9 Å². The van der Waals surface area contributed by atoms with Crippen molar-refractivity contribution >= 4 is 5.91 Å². The van der Waals surface area contributed by atoms with Crippen molar-refractivity contribution in [2.24, 2.45) is 5.92 Å². The third kappa shape index (κ3) is 3.26. The molecule has 1 fully saturated rings. The number of hydrogen-bond donors (Lipinski definition) is 2. The summed E-state index contributed by atoms with van der Waals surface area (Å²) < 4.78 is 5.05. The molecule has 0 saturated carbocycles. The van der Waals surface area contributed by atoms with Crippen LogP contribution in [0.25, 0.3) is 0 Å². The Morgan fingerprint density at radius 2 is 2.53 bits per heavy atom. The highest BCUT2D eigenvalue weighted by Crippen LogP contribution is 2.14. The molecule has 1 unspecified atom stereocenters. The van der Waals surface area contributed by atoms with Crippen LogP contribution < -0.4 is 10.6 Å². The van der Waals surface area contributed by atoms with E-state index in [-0.39, 0.29) is 11.7 Å². The average molecular weight is 238 g/mol. The van der Waals surface area contributed by atoms with E-state index in [9.17, 15) is 4.79 Å². The monoisotopic (exact) mass is 238 g/mol. The van der Waals surface area contributed by atoms with Crippen LogP contribution in [0.1, 0.15) is 36.3 Å². The van der Waals surface area contributed by atoms with Crippen molar-refractivity contribution in [3.05, 3.63) is 11.7 Å². The molecule has 6 nitrogen and oxygen atoms in total. The van der Waals surface area contributed by atoms with Gasteiger partial charge in [0, 0.05) is 13.0 Å². The minimum absolute atomic E-state index is 0.131. The predicted octanol–water partition coefficient (Wildman–Crippen LogP) is 0.361. The van der Waals surface area contributed by atoms with Crippen molar-refractivity contribution in [3.63, 3.8) is 0 Å². The predicted molar refractivity (Wildman–Crippen MR) is 61.6 cm³/mol. The van der Waals surface area contributed by atoms with Crippen molar-refractivity contribution < 1.29 is 9.32 Å². The molecule has 0 aromatic carbocycles. The number of aryl methyl sites for hydroxylation is 1. The molecule has 2 N–H and O–H groups in total. The van der Waals surface area contributed by atoms with E-state index >= 15 is 0 Å². The first-order valence-electron chi connectivity index (χ1n) is 6.11. The van der Waals surface area contributed by atoms with Gasteiger partial charge < -0.3 is 15.2 Å². The lowest BCUT2D eigenvalue weighted by atomic mass is 10.0. The lowest BCUT2D eigenvalue weighted by Crippen LogP contribution is -2.23.